The Morgan fingerprint density at radius 3 is 2.23 bits per heavy atom. The summed E-state index contributed by atoms with van der Waals surface area (Å²) in [6.45, 7) is 4.60. The van der Waals surface area contributed by atoms with E-state index in [1.165, 1.54) is 5.56 Å². The number of nitrogens with zero attached hydrogens (tertiary/aromatic N) is 2. The van der Waals surface area contributed by atoms with Gasteiger partial charge < -0.3 is 10.6 Å². The monoisotopic (exact) mass is 562 g/mol. The highest BCUT2D eigenvalue weighted by Crippen LogP contribution is 2.29. The molecule has 0 bridgehead atoms. The Morgan fingerprint density at radius 1 is 1.20 bits per heavy atom. The summed E-state index contributed by atoms with van der Waals surface area (Å²) in [6, 6.07) is 10.00. The second-order valence-corrected chi connectivity index (χ2v) is 9.41. The Hall–Kier alpha value is -1.08. The minimum absolute atomic E-state index is 0. The molecule has 0 aromatic heterocycles. The Kier molecular flexibility index (Phi) is 10.3. The SMILES string of the molecule is CN=C(NCC(c1ccccc1)C(C)C)NC1CCN(S(=O)(=O)C(F)(F)F)CC1.I. The second-order valence-electron chi connectivity index (χ2n) is 7.48. The highest BCUT2D eigenvalue weighted by molar-refractivity contribution is 14.0. The third kappa shape index (κ3) is 6.98. The van der Waals surface area contributed by atoms with Gasteiger partial charge in [-0.15, -0.1) is 24.0 Å². The number of halogens is 4. The molecule has 0 spiro atoms. The lowest BCUT2D eigenvalue weighted by atomic mass is 9.88. The van der Waals surface area contributed by atoms with Crippen LogP contribution in [0, 0.1) is 5.92 Å². The van der Waals surface area contributed by atoms with Crippen molar-refractivity contribution in [2.45, 2.75) is 44.2 Å². The molecule has 2 N–H and O–H groups in total. The lowest BCUT2D eigenvalue weighted by Crippen LogP contribution is -2.52. The molecule has 1 aromatic rings. The van der Waals surface area contributed by atoms with E-state index in [2.05, 4.69) is 41.6 Å². The quantitative estimate of drug-likeness (QED) is 0.316. The molecule has 1 atom stereocenters. The van der Waals surface area contributed by atoms with E-state index in [4.69, 9.17) is 0 Å². The number of benzene rings is 1. The molecule has 11 heteroatoms. The molecule has 1 aliphatic rings. The average Bonchev–Trinajstić information content (AvgIpc) is 2.67. The summed E-state index contributed by atoms with van der Waals surface area (Å²) in [6.07, 6.45) is 0.560. The topological polar surface area (TPSA) is 73.8 Å². The largest absolute Gasteiger partial charge is 0.511 e. The van der Waals surface area contributed by atoms with Crippen LogP contribution < -0.4 is 10.6 Å². The molecule has 30 heavy (non-hydrogen) atoms. The van der Waals surface area contributed by atoms with Gasteiger partial charge >= 0.3 is 15.5 Å². The number of nitrogens with one attached hydrogen (secondary N) is 2. The molecule has 0 saturated carbocycles. The van der Waals surface area contributed by atoms with Crippen molar-refractivity contribution in [3.05, 3.63) is 35.9 Å². The van der Waals surface area contributed by atoms with Crippen molar-refractivity contribution in [3.8, 4) is 0 Å². The van der Waals surface area contributed by atoms with Crippen molar-refractivity contribution in [1.29, 1.82) is 0 Å². The first-order chi connectivity index (χ1) is 13.6. The van der Waals surface area contributed by atoms with Crippen LogP contribution in [0.5, 0.6) is 0 Å². The van der Waals surface area contributed by atoms with Gasteiger partial charge in [0.15, 0.2) is 5.96 Å². The normalized spacial score (nSPS) is 18.0. The third-order valence-electron chi connectivity index (χ3n) is 5.17. The maximum absolute atomic E-state index is 12.7. The summed E-state index contributed by atoms with van der Waals surface area (Å²) in [4.78, 5) is 4.20. The second kappa shape index (κ2) is 11.5. The van der Waals surface area contributed by atoms with Gasteiger partial charge in [-0.3, -0.25) is 4.99 Å². The lowest BCUT2D eigenvalue weighted by molar-refractivity contribution is -0.0494. The summed E-state index contributed by atoms with van der Waals surface area (Å²) < 4.78 is 61.6. The van der Waals surface area contributed by atoms with E-state index in [1.54, 1.807) is 7.05 Å². The number of hydrogen-bond acceptors (Lipinski definition) is 3. The van der Waals surface area contributed by atoms with Gasteiger partial charge in [-0.05, 0) is 24.3 Å². The fourth-order valence-corrected chi connectivity index (χ4v) is 4.40. The Balaban J connectivity index is 0.00000450. The number of piperidine rings is 1. The molecule has 1 heterocycles. The standard InChI is InChI=1S/C19H29F3N4O2S.HI/c1-14(2)17(15-7-5-4-6-8-15)13-24-18(23-3)25-16-9-11-26(12-10-16)29(27,28)19(20,21)22;/h4-8,14,16-17H,9-13H2,1-3H3,(H2,23,24,25);1H. The molecule has 2 rings (SSSR count). The maximum Gasteiger partial charge on any atom is 0.511 e. The van der Waals surface area contributed by atoms with Crippen LogP contribution in [0.25, 0.3) is 0 Å². The van der Waals surface area contributed by atoms with E-state index >= 15 is 0 Å². The summed E-state index contributed by atoms with van der Waals surface area (Å²) in [7, 11) is -3.63. The van der Waals surface area contributed by atoms with Gasteiger partial charge in [0.2, 0.25) is 0 Å². The lowest BCUT2D eigenvalue weighted by Gasteiger charge is -2.33. The minimum atomic E-state index is -5.26. The van der Waals surface area contributed by atoms with E-state index in [0.717, 1.165) is 0 Å². The van der Waals surface area contributed by atoms with Crippen LogP contribution in [0.3, 0.4) is 0 Å². The zero-order chi connectivity index (χ0) is 21.7. The van der Waals surface area contributed by atoms with E-state index in [0.29, 0.717) is 22.7 Å². The smallest absolute Gasteiger partial charge is 0.356 e. The molecule has 0 amide bonds. The van der Waals surface area contributed by atoms with Crippen LogP contribution >= 0.6 is 24.0 Å². The predicted octanol–water partition coefficient (Wildman–Crippen LogP) is 3.52. The van der Waals surface area contributed by atoms with Gasteiger partial charge in [-0.1, -0.05) is 44.2 Å². The van der Waals surface area contributed by atoms with Gasteiger partial charge in [0.25, 0.3) is 0 Å². The molecule has 1 unspecified atom stereocenters. The van der Waals surface area contributed by atoms with Gasteiger partial charge in [0.05, 0.1) is 0 Å². The number of rotatable bonds is 6. The molecule has 1 saturated heterocycles. The highest BCUT2D eigenvalue weighted by atomic mass is 127. The highest BCUT2D eigenvalue weighted by Gasteiger charge is 2.50. The Morgan fingerprint density at radius 2 is 1.77 bits per heavy atom. The molecule has 172 valence electrons. The summed E-state index contributed by atoms with van der Waals surface area (Å²) in [5.41, 5.74) is -4.04. The van der Waals surface area contributed by atoms with Crippen LogP contribution in [0.4, 0.5) is 13.2 Å². The van der Waals surface area contributed by atoms with Crippen molar-refractivity contribution in [1.82, 2.24) is 14.9 Å². The van der Waals surface area contributed by atoms with Crippen molar-refractivity contribution < 1.29 is 21.6 Å². The van der Waals surface area contributed by atoms with Gasteiger partial charge in [-0.2, -0.15) is 17.5 Å². The number of guanidine groups is 1. The number of aliphatic imine (C=N–C) groups is 1. The Labute approximate surface area is 193 Å². The third-order valence-corrected chi connectivity index (χ3v) is 6.80. The van der Waals surface area contributed by atoms with Crippen LogP contribution in [0.15, 0.2) is 35.3 Å². The van der Waals surface area contributed by atoms with Crippen LogP contribution in [0.2, 0.25) is 0 Å². The molecule has 1 aliphatic heterocycles. The summed E-state index contributed by atoms with van der Waals surface area (Å²) >= 11 is 0. The van der Waals surface area contributed by atoms with Gasteiger partial charge in [-0.25, -0.2) is 8.42 Å². The first kappa shape index (κ1) is 27.0. The first-order valence-electron chi connectivity index (χ1n) is 9.64. The van der Waals surface area contributed by atoms with Crippen molar-refractivity contribution >= 4 is 40.0 Å². The van der Waals surface area contributed by atoms with Crippen LogP contribution in [0.1, 0.15) is 38.2 Å². The van der Waals surface area contributed by atoms with Gasteiger partial charge in [0.1, 0.15) is 0 Å². The summed E-state index contributed by atoms with van der Waals surface area (Å²) in [5, 5.41) is 6.49. The zero-order valence-corrected chi connectivity index (χ0v) is 20.5. The van der Waals surface area contributed by atoms with Gasteiger partial charge in [0, 0.05) is 38.6 Å². The average molecular weight is 562 g/mol. The first-order valence-corrected chi connectivity index (χ1v) is 11.1. The van der Waals surface area contributed by atoms with Crippen molar-refractivity contribution in [2.75, 3.05) is 26.7 Å². The van der Waals surface area contributed by atoms with E-state index in [-0.39, 0.29) is 61.9 Å². The molecule has 0 radical (unpaired) electrons. The maximum atomic E-state index is 12.7. The molecule has 1 fully saturated rings. The molecule has 0 aliphatic carbocycles. The fraction of sp³-hybridized carbons (Fsp3) is 0.632. The van der Waals surface area contributed by atoms with Crippen molar-refractivity contribution in [3.63, 3.8) is 0 Å². The molecule has 1 aromatic carbocycles. The van der Waals surface area contributed by atoms with E-state index < -0.39 is 15.5 Å². The van der Waals surface area contributed by atoms with Crippen LogP contribution in [-0.4, -0.2) is 56.9 Å². The van der Waals surface area contributed by atoms with E-state index in [1.807, 2.05) is 18.2 Å². The number of alkyl halides is 3. The zero-order valence-electron chi connectivity index (χ0n) is 17.3. The molecular formula is C19H30F3IN4O2S. The van der Waals surface area contributed by atoms with Crippen LogP contribution in [-0.2, 0) is 10.0 Å². The molecule has 6 nitrogen and oxygen atoms in total. The minimum Gasteiger partial charge on any atom is -0.356 e. The number of sulfonamides is 1. The summed E-state index contributed by atoms with van der Waals surface area (Å²) in [5.74, 6) is 1.23. The Bertz CT molecular complexity index is 781. The van der Waals surface area contributed by atoms with Crippen molar-refractivity contribution in [2.24, 2.45) is 10.9 Å². The number of hydrogen-bond donors (Lipinski definition) is 2. The molecular weight excluding hydrogens is 532 g/mol. The predicted molar refractivity (Wildman–Crippen MR) is 124 cm³/mol. The van der Waals surface area contributed by atoms with E-state index in [9.17, 15) is 21.6 Å². The fourth-order valence-electron chi connectivity index (χ4n) is 3.42.